The Balaban J connectivity index is 1.43. The van der Waals surface area contributed by atoms with Crippen molar-refractivity contribution in [3.05, 3.63) is 40.0 Å². The number of piperazine rings is 1. The van der Waals surface area contributed by atoms with E-state index in [-0.39, 0.29) is 25.2 Å². The number of aliphatic hydroxyl groups excluding tert-OH is 1. The van der Waals surface area contributed by atoms with Crippen LogP contribution in [0.1, 0.15) is 21.1 Å². The van der Waals surface area contributed by atoms with Crippen molar-refractivity contribution in [3.63, 3.8) is 0 Å². The number of aryl methyl sites for hydroxylation is 2. The van der Waals surface area contributed by atoms with Crippen molar-refractivity contribution < 1.29 is 27.5 Å². The fraction of sp³-hybridized carbons (Fsp3) is 0.455. The van der Waals surface area contributed by atoms with E-state index >= 15 is 0 Å². The Morgan fingerprint density at radius 2 is 2.06 bits per heavy atom. The minimum atomic E-state index is -4.68. The van der Waals surface area contributed by atoms with Gasteiger partial charge in [0.2, 0.25) is 0 Å². The minimum Gasteiger partial charge on any atom is -0.389 e. The average Bonchev–Trinajstić information content (AvgIpc) is 3.43. The van der Waals surface area contributed by atoms with Crippen LogP contribution in [0.5, 0.6) is 0 Å². The molecule has 1 aliphatic heterocycles. The number of amides is 1. The van der Waals surface area contributed by atoms with Gasteiger partial charge in [0, 0.05) is 37.8 Å². The first-order valence-electron chi connectivity index (χ1n) is 11.0. The molecule has 2 unspecified atom stereocenters. The maximum atomic E-state index is 13.7. The number of rotatable bonds is 7. The van der Waals surface area contributed by atoms with Crippen LogP contribution in [-0.4, -0.2) is 86.9 Å². The van der Waals surface area contributed by atoms with Crippen molar-refractivity contribution in [2.75, 3.05) is 38.2 Å². The molecule has 14 heteroatoms. The Morgan fingerprint density at radius 3 is 2.67 bits per heavy atom. The molecule has 0 bridgehead atoms. The summed E-state index contributed by atoms with van der Waals surface area (Å²) in [5.74, 6) is -0.406. The maximum Gasteiger partial charge on any atom is 0.410 e. The first-order valence-corrected chi connectivity index (χ1v) is 12.7. The number of anilines is 2. The molecule has 2 N–H and O–H groups in total. The van der Waals surface area contributed by atoms with Crippen LogP contribution in [0, 0.1) is 13.8 Å². The van der Waals surface area contributed by atoms with Crippen molar-refractivity contribution in [1.29, 1.82) is 0 Å². The van der Waals surface area contributed by atoms with Crippen molar-refractivity contribution in [1.82, 2.24) is 24.8 Å². The van der Waals surface area contributed by atoms with E-state index in [0.717, 1.165) is 26.2 Å². The zero-order chi connectivity index (χ0) is 26.0. The molecule has 2 atom stereocenters. The van der Waals surface area contributed by atoms with E-state index in [4.69, 9.17) is 0 Å². The molecule has 36 heavy (non-hydrogen) atoms. The van der Waals surface area contributed by atoms with Gasteiger partial charge >= 0.3 is 6.18 Å². The van der Waals surface area contributed by atoms with Crippen LogP contribution in [0.25, 0.3) is 10.6 Å². The molecule has 1 fully saturated rings. The number of halogens is 4. The summed E-state index contributed by atoms with van der Waals surface area (Å²) in [6, 6.07) is 0.846. The summed E-state index contributed by atoms with van der Waals surface area (Å²) >= 11 is 2.92. The van der Waals surface area contributed by atoms with Gasteiger partial charge in [-0.15, -0.1) is 22.7 Å². The number of carbonyl (C=O) groups excluding carboxylic acids is 1. The number of nitrogens with zero attached hydrogens (tertiary/aromatic N) is 5. The highest BCUT2D eigenvalue weighted by Gasteiger charge is 2.48. The molecule has 0 saturated carbocycles. The third kappa shape index (κ3) is 5.99. The molecule has 0 aromatic carbocycles. The van der Waals surface area contributed by atoms with Crippen LogP contribution in [-0.2, 0) is 0 Å². The summed E-state index contributed by atoms with van der Waals surface area (Å²) in [5.41, 5.74) is 1.70. The molecule has 1 aliphatic rings. The van der Waals surface area contributed by atoms with Gasteiger partial charge < -0.3 is 15.3 Å². The van der Waals surface area contributed by atoms with Crippen molar-refractivity contribution in [2.24, 2.45) is 0 Å². The highest BCUT2D eigenvalue weighted by molar-refractivity contribution is 7.16. The second-order valence-electron chi connectivity index (χ2n) is 8.37. The fourth-order valence-electron chi connectivity index (χ4n) is 3.95. The molecule has 0 aliphatic carbocycles. The lowest BCUT2D eigenvalue weighted by Gasteiger charge is -2.42. The zero-order valence-corrected chi connectivity index (χ0v) is 21.1. The molecule has 0 spiro atoms. The number of β-amino-alcohol motifs (C(OH)–C–C–N with tert-alkyl or cyclic N) is 1. The molecule has 194 valence electrons. The highest BCUT2D eigenvalue weighted by atomic mass is 32.1. The number of carbonyl (C=O) groups is 1. The van der Waals surface area contributed by atoms with Gasteiger partial charge in [-0.2, -0.15) is 13.2 Å². The van der Waals surface area contributed by atoms with E-state index in [9.17, 15) is 27.5 Å². The number of hydrogen-bond donors (Lipinski definition) is 2. The fourth-order valence-corrected chi connectivity index (χ4v) is 5.61. The van der Waals surface area contributed by atoms with Crippen molar-refractivity contribution >= 4 is 39.5 Å². The van der Waals surface area contributed by atoms with Crippen LogP contribution in [0.3, 0.4) is 0 Å². The van der Waals surface area contributed by atoms with E-state index < -0.39 is 37.4 Å². The number of pyridine rings is 1. The number of aliphatic hydroxyl groups is 1. The summed E-state index contributed by atoms with van der Waals surface area (Å²) in [6.45, 7) is 1.91. The largest absolute Gasteiger partial charge is 0.410 e. The molecule has 3 aromatic rings. The number of nitrogens with one attached hydrogen (secondary N) is 1. The lowest BCUT2D eigenvalue weighted by Crippen LogP contribution is -2.61. The number of alkyl halides is 4. The van der Waals surface area contributed by atoms with Crippen LogP contribution < -0.4 is 5.32 Å². The Kier molecular flexibility index (Phi) is 7.87. The van der Waals surface area contributed by atoms with Crippen molar-refractivity contribution in [3.8, 4) is 10.6 Å². The van der Waals surface area contributed by atoms with Gasteiger partial charge in [0.1, 0.15) is 18.5 Å². The summed E-state index contributed by atoms with van der Waals surface area (Å²) < 4.78 is 53.8. The SMILES string of the molecule is Cc1nc(C)c(-c2csc(Nc3ccc(C(=O)N4CCN(CC(O)CF)CC4C(F)(F)F)cn3)n2)s1. The van der Waals surface area contributed by atoms with Gasteiger partial charge in [-0.05, 0) is 26.0 Å². The van der Waals surface area contributed by atoms with Gasteiger partial charge in [0.25, 0.3) is 5.91 Å². The van der Waals surface area contributed by atoms with E-state index in [0.29, 0.717) is 10.9 Å². The van der Waals surface area contributed by atoms with E-state index in [1.54, 1.807) is 11.3 Å². The van der Waals surface area contributed by atoms with Crippen molar-refractivity contribution in [2.45, 2.75) is 32.2 Å². The van der Waals surface area contributed by atoms with Gasteiger partial charge in [-0.3, -0.25) is 9.69 Å². The third-order valence-electron chi connectivity index (χ3n) is 5.64. The Hall–Kier alpha value is -2.68. The zero-order valence-electron chi connectivity index (χ0n) is 19.4. The Labute approximate surface area is 212 Å². The first-order chi connectivity index (χ1) is 17.0. The first kappa shape index (κ1) is 26.4. The maximum absolute atomic E-state index is 13.7. The third-order valence-corrected chi connectivity index (χ3v) is 7.49. The highest BCUT2D eigenvalue weighted by Crippen LogP contribution is 2.33. The van der Waals surface area contributed by atoms with Gasteiger partial charge in [-0.25, -0.2) is 19.3 Å². The minimum absolute atomic E-state index is 0.0163. The molecular weight excluding hydrogens is 520 g/mol. The number of hydrogen-bond acceptors (Lipinski definition) is 9. The summed E-state index contributed by atoms with van der Waals surface area (Å²) in [5, 5.41) is 15.9. The summed E-state index contributed by atoms with van der Waals surface area (Å²) in [6.07, 6.45) is -4.82. The van der Waals surface area contributed by atoms with Crippen LogP contribution >= 0.6 is 22.7 Å². The molecule has 4 rings (SSSR count). The standard InChI is InChI=1S/C22H24F4N6O2S2/c1-12-19(36-13(2)28-12)16-11-35-21(29-16)30-18-4-3-14(8-27-18)20(34)32-6-5-31(9-15(33)7-23)10-17(32)22(24,25)26/h3-4,8,11,15,17,33H,5-7,9-10H2,1-2H3,(H,27,29,30). The second-order valence-corrected chi connectivity index (χ2v) is 10.4. The Morgan fingerprint density at radius 1 is 1.28 bits per heavy atom. The average molecular weight is 545 g/mol. The molecule has 1 saturated heterocycles. The molecule has 3 aromatic heterocycles. The molecule has 8 nitrogen and oxygen atoms in total. The topological polar surface area (TPSA) is 94.5 Å². The lowest BCUT2D eigenvalue weighted by atomic mass is 10.1. The summed E-state index contributed by atoms with van der Waals surface area (Å²) in [4.78, 5) is 29.1. The van der Waals surface area contributed by atoms with Gasteiger partial charge in [0.05, 0.1) is 32.9 Å². The molecule has 0 radical (unpaired) electrons. The monoisotopic (exact) mass is 544 g/mol. The second kappa shape index (κ2) is 10.7. The molecule has 1 amide bonds. The van der Waals surface area contributed by atoms with Crippen LogP contribution in [0.4, 0.5) is 28.5 Å². The van der Waals surface area contributed by atoms with Gasteiger partial charge in [0.15, 0.2) is 5.13 Å². The smallest absolute Gasteiger partial charge is 0.389 e. The number of thiazole rings is 2. The number of aromatic nitrogens is 3. The van der Waals surface area contributed by atoms with E-state index in [2.05, 4.69) is 20.3 Å². The predicted molar refractivity (Wildman–Crippen MR) is 130 cm³/mol. The summed E-state index contributed by atoms with van der Waals surface area (Å²) in [7, 11) is 0. The Bertz CT molecular complexity index is 1200. The van der Waals surface area contributed by atoms with E-state index in [1.165, 1.54) is 34.6 Å². The molecule has 4 heterocycles. The van der Waals surface area contributed by atoms with Crippen LogP contribution in [0.15, 0.2) is 23.7 Å². The van der Waals surface area contributed by atoms with E-state index in [1.807, 2.05) is 19.2 Å². The molecular formula is C22H24F4N6O2S2. The lowest BCUT2D eigenvalue weighted by molar-refractivity contribution is -0.189. The normalized spacial score (nSPS) is 17.9. The quantitative estimate of drug-likeness (QED) is 0.434. The predicted octanol–water partition coefficient (Wildman–Crippen LogP) is 4.04. The van der Waals surface area contributed by atoms with Gasteiger partial charge in [-0.1, -0.05) is 0 Å². The van der Waals surface area contributed by atoms with Crippen LogP contribution in [0.2, 0.25) is 0 Å².